The zero-order chi connectivity index (χ0) is 27.8. The fourth-order valence-electron chi connectivity index (χ4n) is 5.07. The minimum absolute atomic E-state index is 0.135. The van der Waals surface area contributed by atoms with Crippen LogP contribution < -0.4 is 0 Å². The van der Waals surface area contributed by atoms with Crippen molar-refractivity contribution in [3.8, 4) is 0 Å². The van der Waals surface area contributed by atoms with Crippen LogP contribution in [0.1, 0.15) is 47.8 Å². The Morgan fingerprint density at radius 1 is 0.947 bits per heavy atom. The van der Waals surface area contributed by atoms with Gasteiger partial charge in [-0.2, -0.15) is 0 Å². The number of benzene rings is 1. The Hall–Kier alpha value is -2.77. The van der Waals surface area contributed by atoms with E-state index in [0.717, 1.165) is 72.6 Å². The number of hydrogen-bond donors (Lipinski definition) is 0. The first-order valence-electron chi connectivity index (χ1n) is 13.5. The van der Waals surface area contributed by atoms with Crippen molar-refractivity contribution < 1.29 is 4.79 Å². The highest BCUT2D eigenvalue weighted by Crippen LogP contribution is 2.24. The van der Waals surface area contributed by atoms with Gasteiger partial charge in [-0.3, -0.25) is 14.7 Å². The molecular formula is C31H45N5OS. The predicted molar refractivity (Wildman–Crippen MR) is 164 cm³/mol. The van der Waals surface area contributed by atoms with E-state index < -0.39 is 0 Å². The summed E-state index contributed by atoms with van der Waals surface area (Å²) in [7, 11) is 1.82. The van der Waals surface area contributed by atoms with Crippen molar-refractivity contribution in [2.45, 2.75) is 41.2 Å². The van der Waals surface area contributed by atoms with Crippen LogP contribution in [-0.2, 0) is 6.54 Å². The third-order valence-corrected chi connectivity index (χ3v) is 8.17. The summed E-state index contributed by atoms with van der Waals surface area (Å²) >= 11 is 1.60. The van der Waals surface area contributed by atoms with Crippen molar-refractivity contribution >= 4 is 22.8 Å². The van der Waals surface area contributed by atoms with Gasteiger partial charge in [0.1, 0.15) is 0 Å². The largest absolute Gasteiger partial charge is 0.369 e. The number of aryl methyl sites for hydroxylation is 2. The topological polar surface area (TPSA) is 42.4 Å². The van der Waals surface area contributed by atoms with Crippen LogP contribution in [0.4, 0.5) is 0 Å². The van der Waals surface area contributed by atoms with Gasteiger partial charge in [-0.15, -0.1) is 0 Å². The zero-order valence-electron chi connectivity index (χ0n) is 24.2. The second-order valence-corrected chi connectivity index (χ2v) is 11.6. The smallest absolute Gasteiger partial charge is 0.254 e. The molecule has 1 aromatic carbocycles. The van der Waals surface area contributed by atoms with Gasteiger partial charge in [0.25, 0.3) is 5.91 Å². The normalized spacial score (nSPS) is 17.9. The van der Waals surface area contributed by atoms with E-state index in [1.807, 2.05) is 25.8 Å². The van der Waals surface area contributed by atoms with Crippen molar-refractivity contribution in [3.05, 3.63) is 81.9 Å². The summed E-state index contributed by atoms with van der Waals surface area (Å²) in [5.74, 6) is 0.135. The number of thioether (sulfide) groups is 1. The minimum Gasteiger partial charge on any atom is -0.369 e. The summed E-state index contributed by atoms with van der Waals surface area (Å²) in [6.45, 7) is 26.3. The molecule has 2 heterocycles. The average Bonchev–Trinajstić information content (AvgIpc) is 2.89. The quantitative estimate of drug-likeness (QED) is 0.263. The molecule has 0 unspecified atom stereocenters. The Kier molecular flexibility index (Phi) is 10.9. The molecule has 0 aliphatic carbocycles. The van der Waals surface area contributed by atoms with E-state index in [1.54, 1.807) is 11.8 Å². The van der Waals surface area contributed by atoms with Gasteiger partial charge < -0.3 is 14.7 Å². The van der Waals surface area contributed by atoms with Crippen molar-refractivity contribution in [3.63, 3.8) is 0 Å². The van der Waals surface area contributed by atoms with Crippen molar-refractivity contribution in [2.75, 3.05) is 59.4 Å². The third-order valence-electron chi connectivity index (χ3n) is 7.20. The molecule has 2 saturated heterocycles. The molecule has 0 radical (unpaired) electrons. The number of amidine groups is 1. The third kappa shape index (κ3) is 7.64. The standard InChI is InChI=1S/C31H45N5OS/c1-9-10-11-29(23(2)3)34-14-12-33(13-15-34)22-27-21-28(26(7)20-25(27)6)30(37)35-16-18-36(19-17-35)31(32-8)38-24(4)5/h9-11,20-21H,2,4,12-19,22H2,1,3,5-8H3/b10-9-,29-11+,32-31?. The van der Waals surface area contributed by atoms with Crippen LogP contribution in [0, 0.1) is 13.8 Å². The number of carbonyl (C=O) groups excluding carboxylic acids is 1. The monoisotopic (exact) mass is 535 g/mol. The van der Waals surface area contributed by atoms with E-state index in [-0.39, 0.29) is 5.91 Å². The maximum Gasteiger partial charge on any atom is 0.254 e. The Morgan fingerprint density at radius 3 is 2.11 bits per heavy atom. The highest BCUT2D eigenvalue weighted by atomic mass is 32.2. The first-order chi connectivity index (χ1) is 18.1. The van der Waals surface area contributed by atoms with Gasteiger partial charge in [0.05, 0.1) is 0 Å². The molecule has 1 aromatic rings. The zero-order valence-corrected chi connectivity index (χ0v) is 25.0. The summed E-state index contributed by atoms with van der Waals surface area (Å²) in [6.07, 6.45) is 6.30. The number of hydrogen-bond acceptors (Lipinski definition) is 5. The Morgan fingerprint density at radius 2 is 1.55 bits per heavy atom. The molecule has 0 aromatic heterocycles. The maximum absolute atomic E-state index is 13.6. The Balaban J connectivity index is 1.64. The predicted octanol–water partition coefficient (Wildman–Crippen LogP) is 5.47. The van der Waals surface area contributed by atoms with Crippen LogP contribution in [0.15, 0.2) is 64.7 Å². The number of rotatable bonds is 7. The summed E-state index contributed by atoms with van der Waals surface area (Å²) in [5, 5.41) is 0.978. The first-order valence-corrected chi connectivity index (χ1v) is 14.4. The highest BCUT2D eigenvalue weighted by molar-refractivity contribution is 8.17. The highest BCUT2D eigenvalue weighted by Gasteiger charge is 2.26. The number of carbonyl (C=O) groups is 1. The van der Waals surface area contributed by atoms with Crippen LogP contribution in [0.5, 0.6) is 0 Å². The van der Waals surface area contributed by atoms with E-state index in [4.69, 9.17) is 0 Å². The molecule has 0 atom stereocenters. The van der Waals surface area contributed by atoms with E-state index in [0.29, 0.717) is 13.1 Å². The lowest BCUT2D eigenvalue weighted by Crippen LogP contribution is -2.50. The maximum atomic E-state index is 13.6. The van der Waals surface area contributed by atoms with Crippen LogP contribution in [0.3, 0.4) is 0 Å². The average molecular weight is 536 g/mol. The van der Waals surface area contributed by atoms with Crippen molar-refractivity contribution in [1.82, 2.24) is 19.6 Å². The number of piperazine rings is 2. The first kappa shape index (κ1) is 29.8. The molecule has 1 amide bonds. The molecule has 6 nitrogen and oxygen atoms in total. The van der Waals surface area contributed by atoms with Crippen LogP contribution in [-0.4, -0.2) is 90.1 Å². The number of nitrogens with zero attached hydrogens (tertiary/aromatic N) is 5. The molecule has 2 aliphatic heterocycles. The second kappa shape index (κ2) is 13.9. The molecular weight excluding hydrogens is 490 g/mol. The van der Waals surface area contributed by atoms with E-state index >= 15 is 0 Å². The molecule has 38 heavy (non-hydrogen) atoms. The van der Waals surface area contributed by atoms with Gasteiger partial charge in [-0.05, 0) is 73.9 Å². The SMILES string of the molecule is C=C(C)SC(=NC)N1CCN(C(=O)c2cc(CN3CCN(/C(=C/C=C\C)C(=C)C)CC3)c(C)cc2C)CC1. The summed E-state index contributed by atoms with van der Waals surface area (Å²) < 4.78 is 0. The van der Waals surface area contributed by atoms with E-state index in [9.17, 15) is 4.79 Å². The van der Waals surface area contributed by atoms with Gasteiger partial charge in [0, 0.05) is 77.2 Å². The fraction of sp³-hybridized carbons (Fsp3) is 0.484. The van der Waals surface area contributed by atoms with Gasteiger partial charge in [-0.25, -0.2) is 0 Å². The molecule has 2 fully saturated rings. The van der Waals surface area contributed by atoms with Gasteiger partial charge in [-0.1, -0.05) is 43.1 Å². The fourth-order valence-corrected chi connectivity index (χ4v) is 5.78. The molecule has 2 aliphatic rings. The molecule has 0 spiro atoms. The van der Waals surface area contributed by atoms with Crippen molar-refractivity contribution in [2.24, 2.45) is 4.99 Å². The minimum atomic E-state index is 0.135. The summed E-state index contributed by atoms with van der Waals surface area (Å²) in [4.78, 5) is 28.2. The molecule has 0 bridgehead atoms. The molecule has 3 rings (SSSR count). The number of allylic oxidation sites excluding steroid dienone is 5. The molecule has 206 valence electrons. The second-order valence-electron chi connectivity index (χ2n) is 10.3. The lowest BCUT2D eigenvalue weighted by atomic mass is 9.98. The molecule has 0 N–H and O–H groups in total. The summed E-state index contributed by atoms with van der Waals surface area (Å²) in [5.41, 5.74) is 6.70. The molecule has 0 saturated carbocycles. The number of aliphatic imine (C=N–C) groups is 1. The van der Waals surface area contributed by atoms with Crippen LogP contribution in [0.25, 0.3) is 0 Å². The number of amides is 1. The lowest BCUT2D eigenvalue weighted by Gasteiger charge is -2.38. The van der Waals surface area contributed by atoms with Crippen molar-refractivity contribution in [1.29, 1.82) is 0 Å². The Labute approximate surface area is 234 Å². The van der Waals surface area contributed by atoms with Gasteiger partial charge >= 0.3 is 0 Å². The Bertz CT molecular complexity index is 1120. The van der Waals surface area contributed by atoms with Crippen LogP contribution in [0.2, 0.25) is 0 Å². The molecule has 7 heteroatoms. The van der Waals surface area contributed by atoms with Gasteiger partial charge in [0.15, 0.2) is 5.17 Å². The lowest BCUT2D eigenvalue weighted by molar-refractivity contribution is 0.0692. The summed E-state index contributed by atoms with van der Waals surface area (Å²) in [6, 6.07) is 4.33. The van der Waals surface area contributed by atoms with E-state index in [1.165, 1.54) is 16.8 Å². The van der Waals surface area contributed by atoms with E-state index in [2.05, 4.69) is 84.0 Å². The van der Waals surface area contributed by atoms with Gasteiger partial charge in [0.2, 0.25) is 0 Å². The van der Waals surface area contributed by atoms with Crippen LogP contribution >= 0.6 is 11.8 Å².